The Morgan fingerprint density at radius 2 is 1.66 bits per heavy atom. The molecule has 0 radical (unpaired) electrons. The third-order valence-electron chi connectivity index (χ3n) is 4.37. The molecule has 162 valence electrons. The number of likely N-dealkylation sites (N-methyl/N-ethyl adjacent to an activating group) is 1. The predicted octanol–water partition coefficient (Wildman–Crippen LogP) is 1.47. The van der Waals surface area contributed by atoms with E-state index in [2.05, 4.69) is 5.32 Å². The van der Waals surface area contributed by atoms with Gasteiger partial charge in [-0.2, -0.15) is 4.31 Å². The van der Waals surface area contributed by atoms with Gasteiger partial charge in [-0.25, -0.2) is 8.42 Å². The smallest absolute Gasteiger partial charge is 0.254 e. The van der Waals surface area contributed by atoms with Crippen LogP contribution in [-0.2, 0) is 19.6 Å². The summed E-state index contributed by atoms with van der Waals surface area (Å²) in [6, 6.07) is 5.80. The molecule has 29 heavy (non-hydrogen) atoms. The highest BCUT2D eigenvalue weighted by molar-refractivity contribution is 7.89. The van der Waals surface area contributed by atoms with Gasteiger partial charge in [0.1, 0.15) is 0 Å². The van der Waals surface area contributed by atoms with Crippen LogP contribution in [0.4, 0.5) is 0 Å². The monoisotopic (exact) mass is 425 g/mol. The number of nitrogens with one attached hydrogen (secondary N) is 1. The quantitative estimate of drug-likeness (QED) is 0.771. The zero-order valence-corrected chi connectivity index (χ0v) is 18.7. The van der Waals surface area contributed by atoms with Crippen LogP contribution in [0.15, 0.2) is 29.2 Å². The van der Waals surface area contributed by atoms with Crippen molar-refractivity contribution in [3.8, 4) is 0 Å². The molecule has 1 aliphatic rings. The molecule has 1 saturated heterocycles. The molecule has 1 N–H and O–H groups in total. The minimum Gasteiger partial charge on any atom is -0.373 e. The van der Waals surface area contributed by atoms with Gasteiger partial charge in [-0.1, -0.05) is 0 Å². The lowest BCUT2D eigenvalue weighted by atomic mass is 10.1. The fourth-order valence-electron chi connectivity index (χ4n) is 3.21. The van der Waals surface area contributed by atoms with Crippen molar-refractivity contribution in [3.05, 3.63) is 29.8 Å². The average Bonchev–Trinajstić information content (AvgIpc) is 2.58. The van der Waals surface area contributed by atoms with Crippen LogP contribution in [0.1, 0.15) is 45.0 Å². The number of hydrogen-bond acceptors (Lipinski definition) is 5. The Morgan fingerprint density at radius 3 is 2.14 bits per heavy atom. The molecule has 2 atom stereocenters. The van der Waals surface area contributed by atoms with E-state index in [1.807, 2.05) is 34.6 Å². The Morgan fingerprint density at radius 1 is 1.14 bits per heavy atom. The summed E-state index contributed by atoms with van der Waals surface area (Å²) in [7, 11) is -2.13. The molecule has 0 saturated carbocycles. The van der Waals surface area contributed by atoms with Crippen LogP contribution in [0, 0.1) is 0 Å². The van der Waals surface area contributed by atoms with E-state index in [9.17, 15) is 18.0 Å². The summed E-state index contributed by atoms with van der Waals surface area (Å²) in [5, 5.41) is 2.80. The maximum Gasteiger partial charge on any atom is 0.254 e. The van der Waals surface area contributed by atoms with E-state index in [-0.39, 0.29) is 41.0 Å². The predicted molar refractivity (Wildman–Crippen MR) is 110 cm³/mol. The first-order valence-electron chi connectivity index (χ1n) is 9.62. The lowest BCUT2D eigenvalue weighted by Gasteiger charge is -2.34. The minimum absolute atomic E-state index is 0.0836. The van der Waals surface area contributed by atoms with Gasteiger partial charge in [0, 0.05) is 31.2 Å². The summed E-state index contributed by atoms with van der Waals surface area (Å²) in [5.41, 5.74) is -0.0652. The second-order valence-corrected chi connectivity index (χ2v) is 10.5. The zero-order chi connectivity index (χ0) is 22.0. The van der Waals surface area contributed by atoms with E-state index >= 15 is 0 Å². The molecule has 1 heterocycles. The fraction of sp³-hybridized carbons (Fsp3) is 0.600. The molecular weight excluding hydrogens is 394 g/mol. The van der Waals surface area contributed by atoms with Crippen molar-refractivity contribution in [2.75, 3.05) is 26.7 Å². The van der Waals surface area contributed by atoms with Gasteiger partial charge in [0.05, 0.1) is 23.6 Å². The van der Waals surface area contributed by atoms with Crippen LogP contribution in [0.3, 0.4) is 0 Å². The molecule has 8 nitrogen and oxygen atoms in total. The molecule has 1 fully saturated rings. The number of rotatable bonds is 5. The molecule has 2 rings (SSSR count). The molecule has 1 aromatic carbocycles. The topological polar surface area (TPSA) is 96.0 Å². The summed E-state index contributed by atoms with van der Waals surface area (Å²) in [6.45, 7) is 9.76. The maximum atomic E-state index is 12.9. The standard InChI is InChI=1S/C20H31N3O5S/c1-14-11-23(12-15(2)28-14)29(26,27)17-9-7-16(8-10-17)19(25)22(6)13-18(24)21-20(3,4)5/h7-10,14-15H,11-13H2,1-6H3,(H,21,24)/t14-,15+. The number of amides is 2. The van der Waals surface area contributed by atoms with Crippen molar-refractivity contribution in [2.45, 2.75) is 57.3 Å². The number of carbonyl (C=O) groups excluding carboxylic acids is 2. The highest BCUT2D eigenvalue weighted by Gasteiger charge is 2.32. The molecule has 1 aromatic rings. The number of hydrogen-bond donors (Lipinski definition) is 1. The normalized spacial score (nSPS) is 20.9. The molecule has 0 aromatic heterocycles. The van der Waals surface area contributed by atoms with E-state index in [0.717, 1.165) is 0 Å². The van der Waals surface area contributed by atoms with Gasteiger partial charge >= 0.3 is 0 Å². The second-order valence-electron chi connectivity index (χ2n) is 8.56. The number of morpholine rings is 1. The van der Waals surface area contributed by atoms with E-state index < -0.39 is 10.0 Å². The molecule has 0 unspecified atom stereocenters. The number of nitrogens with zero attached hydrogens (tertiary/aromatic N) is 2. The number of ether oxygens (including phenoxy) is 1. The van der Waals surface area contributed by atoms with Crippen LogP contribution in [0.5, 0.6) is 0 Å². The van der Waals surface area contributed by atoms with E-state index in [1.54, 1.807) is 0 Å². The number of carbonyl (C=O) groups is 2. The third kappa shape index (κ3) is 6.25. The molecule has 0 spiro atoms. The van der Waals surface area contributed by atoms with Crippen LogP contribution in [0.2, 0.25) is 0 Å². The fourth-order valence-corrected chi connectivity index (χ4v) is 4.80. The summed E-state index contributed by atoms with van der Waals surface area (Å²) >= 11 is 0. The van der Waals surface area contributed by atoms with E-state index in [4.69, 9.17) is 4.74 Å². The molecular formula is C20H31N3O5S. The van der Waals surface area contributed by atoms with Crippen LogP contribution in [-0.4, -0.2) is 73.9 Å². The van der Waals surface area contributed by atoms with E-state index in [1.165, 1.54) is 40.5 Å². The van der Waals surface area contributed by atoms with Gasteiger partial charge < -0.3 is 15.0 Å². The number of benzene rings is 1. The second kappa shape index (κ2) is 8.81. The largest absolute Gasteiger partial charge is 0.373 e. The number of sulfonamides is 1. The lowest BCUT2D eigenvalue weighted by Crippen LogP contribution is -2.48. The van der Waals surface area contributed by atoms with Gasteiger partial charge in [0.25, 0.3) is 5.91 Å². The van der Waals surface area contributed by atoms with Gasteiger partial charge in [-0.3, -0.25) is 9.59 Å². The van der Waals surface area contributed by atoms with Gasteiger partial charge in [0.15, 0.2) is 0 Å². The maximum absolute atomic E-state index is 12.9. The summed E-state index contributed by atoms with van der Waals surface area (Å²) in [4.78, 5) is 26.0. The molecule has 9 heteroatoms. The first kappa shape index (κ1) is 23.3. The Balaban J connectivity index is 2.09. The Bertz CT molecular complexity index is 836. The Hall–Kier alpha value is -1.97. The van der Waals surface area contributed by atoms with Gasteiger partial charge in [-0.05, 0) is 58.9 Å². The SMILES string of the molecule is C[C@@H]1CN(S(=O)(=O)c2ccc(C(=O)N(C)CC(=O)NC(C)(C)C)cc2)C[C@H](C)O1. The molecule has 0 bridgehead atoms. The van der Waals surface area contributed by atoms with Crippen molar-refractivity contribution < 1.29 is 22.7 Å². The third-order valence-corrected chi connectivity index (χ3v) is 6.21. The molecule has 1 aliphatic heterocycles. The van der Waals surface area contributed by atoms with Crippen LogP contribution >= 0.6 is 0 Å². The minimum atomic E-state index is -3.67. The van der Waals surface area contributed by atoms with Crippen molar-refractivity contribution in [1.82, 2.24) is 14.5 Å². The first-order valence-corrected chi connectivity index (χ1v) is 11.1. The van der Waals surface area contributed by atoms with Crippen molar-refractivity contribution >= 4 is 21.8 Å². The van der Waals surface area contributed by atoms with Crippen LogP contribution < -0.4 is 5.32 Å². The molecule has 0 aliphatic carbocycles. The first-order chi connectivity index (χ1) is 13.3. The summed E-state index contributed by atoms with van der Waals surface area (Å²) < 4.78 is 32.8. The van der Waals surface area contributed by atoms with Gasteiger partial charge in [0.2, 0.25) is 15.9 Å². The molecule has 2 amide bonds. The van der Waals surface area contributed by atoms with E-state index in [0.29, 0.717) is 18.7 Å². The Kier molecular flexibility index (Phi) is 7.08. The highest BCUT2D eigenvalue weighted by atomic mass is 32.2. The average molecular weight is 426 g/mol. The highest BCUT2D eigenvalue weighted by Crippen LogP contribution is 2.21. The van der Waals surface area contributed by atoms with Crippen molar-refractivity contribution in [2.24, 2.45) is 0 Å². The Labute approximate surface area is 173 Å². The zero-order valence-electron chi connectivity index (χ0n) is 17.9. The van der Waals surface area contributed by atoms with Crippen LogP contribution in [0.25, 0.3) is 0 Å². The summed E-state index contributed by atoms with van der Waals surface area (Å²) in [5.74, 6) is -0.616. The summed E-state index contributed by atoms with van der Waals surface area (Å²) in [6.07, 6.45) is -0.357. The van der Waals surface area contributed by atoms with Crippen molar-refractivity contribution in [3.63, 3.8) is 0 Å². The van der Waals surface area contributed by atoms with Gasteiger partial charge in [-0.15, -0.1) is 0 Å². The lowest BCUT2D eigenvalue weighted by molar-refractivity contribution is -0.122. The van der Waals surface area contributed by atoms with Crippen molar-refractivity contribution in [1.29, 1.82) is 0 Å².